The van der Waals surface area contributed by atoms with Crippen LogP contribution in [-0.4, -0.2) is 39.9 Å². The number of pyridine rings is 1. The van der Waals surface area contributed by atoms with Crippen LogP contribution in [0.1, 0.15) is 44.7 Å². The van der Waals surface area contributed by atoms with Crippen molar-refractivity contribution in [3.63, 3.8) is 0 Å². The van der Waals surface area contributed by atoms with E-state index in [0.717, 1.165) is 23.5 Å². The van der Waals surface area contributed by atoms with Crippen LogP contribution in [0.2, 0.25) is 0 Å². The zero-order valence-corrected chi connectivity index (χ0v) is 20.3. The minimum absolute atomic E-state index is 0.0118. The Hall–Kier alpha value is -3.23. The molecule has 0 bridgehead atoms. The molecule has 3 rings (SSSR count). The Balaban J connectivity index is 1.89. The molecule has 7 nitrogen and oxygen atoms in total. The molecule has 35 heavy (non-hydrogen) atoms. The molecule has 1 N–H and O–H groups in total. The molecule has 1 aliphatic heterocycles. The number of ether oxygens (including phenoxy) is 1. The minimum atomic E-state index is -4.77. The van der Waals surface area contributed by atoms with Crippen molar-refractivity contribution in [2.24, 2.45) is 5.92 Å². The fourth-order valence-corrected chi connectivity index (χ4v) is 4.36. The Kier molecular flexibility index (Phi) is 7.67. The van der Waals surface area contributed by atoms with E-state index in [-0.39, 0.29) is 23.3 Å². The molecule has 1 amide bonds. The van der Waals surface area contributed by atoms with Crippen molar-refractivity contribution >= 4 is 34.6 Å². The molecule has 1 unspecified atom stereocenters. The quantitative estimate of drug-likeness (QED) is 0.520. The van der Waals surface area contributed by atoms with Gasteiger partial charge in [-0.2, -0.15) is 18.4 Å². The van der Waals surface area contributed by atoms with Crippen molar-refractivity contribution in [1.29, 1.82) is 5.26 Å². The monoisotopic (exact) mass is 506 g/mol. The van der Waals surface area contributed by atoms with Crippen molar-refractivity contribution < 1.29 is 27.8 Å². The first-order valence-corrected chi connectivity index (χ1v) is 11.4. The number of aromatic nitrogens is 1. The van der Waals surface area contributed by atoms with E-state index in [2.05, 4.69) is 4.98 Å². The zero-order valence-electron chi connectivity index (χ0n) is 19.5. The smallest absolute Gasteiger partial charge is 0.417 e. The fraction of sp³-hybridized carbons (Fsp3) is 0.417. The Morgan fingerprint density at radius 3 is 2.49 bits per heavy atom. The predicted molar refractivity (Wildman–Crippen MR) is 128 cm³/mol. The average Bonchev–Trinajstić information content (AvgIpc) is 2.99. The van der Waals surface area contributed by atoms with E-state index in [1.54, 1.807) is 26.0 Å². The van der Waals surface area contributed by atoms with Gasteiger partial charge in [0, 0.05) is 12.7 Å². The van der Waals surface area contributed by atoms with Crippen LogP contribution in [0.25, 0.3) is 0 Å². The zero-order chi connectivity index (χ0) is 26.0. The van der Waals surface area contributed by atoms with Gasteiger partial charge < -0.3 is 14.7 Å². The van der Waals surface area contributed by atoms with Crippen LogP contribution in [0.5, 0.6) is 5.88 Å². The number of nitrogens with zero attached hydrogens (tertiary/aromatic N) is 4. The summed E-state index contributed by atoms with van der Waals surface area (Å²) in [6.07, 6.45) is -1.83. The van der Waals surface area contributed by atoms with Crippen molar-refractivity contribution in [3.05, 3.63) is 47.7 Å². The van der Waals surface area contributed by atoms with Crippen LogP contribution in [-0.2, 0) is 11.0 Å². The number of aliphatic hydroxyl groups is 1. The highest BCUT2D eigenvalue weighted by molar-refractivity contribution is 7.81. The van der Waals surface area contributed by atoms with Crippen molar-refractivity contribution in [2.45, 2.75) is 45.3 Å². The van der Waals surface area contributed by atoms with Crippen LogP contribution in [0.4, 0.5) is 24.5 Å². The second-order valence-corrected chi connectivity index (χ2v) is 8.97. The SMILES string of the molecule is CCC(CCO)COc1ccc(N2C(=S)N(c3ccc(C#N)c(C(F)(F)F)c3)C(=O)C2(C)C)cn1. The predicted octanol–water partition coefficient (Wildman–Crippen LogP) is 4.68. The van der Waals surface area contributed by atoms with Gasteiger partial charge in [-0.3, -0.25) is 9.69 Å². The number of carbonyl (C=O) groups excluding carboxylic acids is 1. The highest BCUT2D eigenvalue weighted by Crippen LogP contribution is 2.39. The number of hydrogen-bond acceptors (Lipinski definition) is 6. The van der Waals surface area contributed by atoms with Gasteiger partial charge in [-0.25, -0.2) is 4.98 Å². The van der Waals surface area contributed by atoms with E-state index in [1.165, 1.54) is 23.2 Å². The van der Waals surface area contributed by atoms with E-state index in [4.69, 9.17) is 27.3 Å². The molecule has 0 spiro atoms. The molecule has 186 valence electrons. The number of benzene rings is 1. The lowest BCUT2D eigenvalue weighted by Crippen LogP contribution is -2.44. The maximum Gasteiger partial charge on any atom is 0.417 e. The molecule has 11 heteroatoms. The first-order chi connectivity index (χ1) is 16.4. The third kappa shape index (κ3) is 5.23. The van der Waals surface area contributed by atoms with Gasteiger partial charge in [0.25, 0.3) is 5.91 Å². The molecular formula is C24H25F3N4O3S. The number of nitriles is 1. The lowest BCUT2D eigenvalue weighted by molar-refractivity contribution is -0.137. The highest BCUT2D eigenvalue weighted by atomic mass is 32.1. The van der Waals surface area contributed by atoms with Gasteiger partial charge in [0.05, 0.1) is 41.4 Å². The van der Waals surface area contributed by atoms with E-state index >= 15 is 0 Å². The topological polar surface area (TPSA) is 89.7 Å². The molecule has 2 heterocycles. The number of halogens is 3. The van der Waals surface area contributed by atoms with Crippen molar-refractivity contribution in [2.75, 3.05) is 23.0 Å². The number of aliphatic hydroxyl groups excluding tert-OH is 1. The first-order valence-electron chi connectivity index (χ1n) is 11.0. The molecule has 1 atom stereocenters. The van der Waals surface area contributed by atoms with Crippen LogP contribution >= 0.6 is 12.2 Å². The minimum Gasteiger partial charge on any atom is -0.477 e. The number of carbonyl (C=O) groups is 1. The summed E-state index contributed by atoms with van der Waals surface area (Å²) in [5.74, 6) is 0.0281. The Morgan fingerprint density at radius 2 is 1.94 bits per heavy atom. The average molecular weight is 507 g/mol. The Labute approximate surface area is 206 Å². The van der Waals surface area contributed by atoms with E-state index in [0.29, 0.717) is 24.6 Å². The Morgan fingerprint density at radius 1 is 1.26 bits per heavy atom. The summed E-state index contributed by atoms with van der Waals surface area (Å²) in [6, 6.07) is 7.87. The van der Waals surface area contributed by atoms with Gasteiger partial charge >= 0.3 is 6.18 Å². The van der Waals surface area contributed by atoms with Crippen LogP contribution < -0.4 is 14.5 Å². The van der Waals surface area contributed by atoms with Gasteiger partial charge in [-0.15, -0.1) is 0 Å². The van der Waals surface area contributed by atoms with Crippen molar-refractivity contribution in [3.8, 4) is 11.9 Å². The molecule has 2 aromatic rings. The first kappa shape index (κ1) is 26.4. The van der Waals surface area contributed by atoms with E-state index < -0.39 is 28.7 Å². The second-order valence-electron chi connectivity index (χ2n) is 8.61. The second kappa shape index (κ2) is 10.2. The third-order valence-electron chi connectivity index (χ3n) is 5.92. The summed E-state index contributed by atoms with van der Waals surface area (Å²) in [5.41, 5.74) is -2.50. The summed E-state index contributed by atoms with van der Waals surface area (Å²) < 4.78 is 46.1. The van der Waals surface area contributed by atoms with E-state index in [1.807, 2.05) is 6.92 Å². The Bertz CT molecular complexity index is 1150. The summed E-state index contributed by atoms with van der Waals surface area (Å²) in [4.78, 5) is 20.1. The normalized spacial score (nSPS) is 16.4. The maximum absolute atomic E-state index is 13.5. The number of anilines is 2. The third-order valence-corrected chi connectivity index (χ3v) is 6.28. The number of alkyl halides is 3. The molecule has 1 saturated heterocycles. The molecule has 0 radical (unpaired) electrons. The summed E-state index contributed by atoms with van der Waals surface area (Å²) >= 11 is 5.51. The number of amides is 1. The maximum atomic E-state index is 13.5. The van der Waals surface area contributed by atoms with Crippen LogP contribution in [0.15, 0.2) is 36.5 Å². The summed E-state index contributed by atoms with van der Waals surface area (Å²) in [5, 5.41) is 18.2. The molecule has 1 aromatic carbocycles. The largest absolute Gasteiger partial charge is 0.477 e. The standard InChI is InChI=1S/C24H25F3N4O3S/c1-4-15(9-10-32)14-34-20-8-7-18(13-29-20)31-22(35)30(21(33)23(31,2)3)17-6-5-16(12-28)19(11-17)24(25,26)27/h5-8,11,13,15,32H,4,9-10,14H2,1-3H3. The molecule has 1 aliphatic rings. The van der Waals surface area contributed by atoms with Crippen LogP contribution in [0, 0.1) is 17.2 Å². The lowest BCUT2D eigenvalue weighted by Gasteiger charge is -2.29. The molecule has 0 aliphatic carbocycles. The van der Waals surface area contributed by atoms with Gasteiger partial charge in [0.2, 0.25) is 5.88 Å². The lowest BCUT2D eigenvalue weighted by atomic mass is 10.0. The number of thiocarbonyl (C=S) groups is 1. The van der Waals surface area contributed by atoms with Gasteiger partial charge in [-0.05, 0) is 69.1 Å². The highest BCUT2D eigenvalue weighted by Gasteiger charge is 2.50. The number of rotatable bonds is 8. The van der Waals surface area contributed by atoms with Gasteiger partial charge in [0.1, 0.15) is 5.54 Å². The van der Waals surface area contributed by atoms with Gasteiger partial charge in [-0.1, -0.05) is 6.92 Å². The van der Waals surface area contributed by atoms with Gasteiger partial charge in [0.15, 0.2) is 5.11 Å². The fourth-order valence-electron chi connectivity index (χ4n) is 3.84. The molecule has 1 aromatic heterocycles. The number of hydrogen-bond donors (Lipinski definition) is 1. The van der Waals surface area contributed by atoms with Crippen LogP contribution in [0.3, 0.4) is 0 Å². The molecular weight excluding hydrogens is 481 g/mol. The van der Waals surface area contributed by atoms with Crippen molar-refractivity contribution in [1.82, 2.24) is 4.98 Å². The summed E-state index contributed by atoms with van der Waals surface area (Å²) in [6.45, 7) is 5.70. The molecule has 0 saturated carbocycles. The molecule has 1 fully saturated rings. The van der Waals surface area contributed by atoms with E-state index in [9.17, 15) is 18.0 Å². The summed E-state index contributed by atoms with van der Waals surface area (Å²) in [7, 11) is 0.